The van der Waals surface area contributed by atoms with Crippen LogP contribution in [0, 0.1) is 17.3 Å². The first kappa shape index (κ1) is 16.1. The number of hydrogen-bond acceptors (Lipinski definition) is 1. The Labute approximate surface area is 132 Å². The molecule has 112 valence electrons. The van der Waals surface area contributed by atoms with Crippen LogP contribution in [0.3, 0.4) is 0 Å². The lowest BCUT2D eigenvalue weighted by Gasteiger charge is -2.41. The number of nitrogens with two attached hydrogens (primary N) is 1. The Hall–Kier alpha value is -0.240. The monoisotopic (exact) mass is 313 g/mol. The highest BCUT2D eigenvalue weighted by atomic mass is 35.5. The molecule has 1 aromatic rings. The van der Waals surface area contributed by atoms with Crippen molar-refractivity contribution < 1.29 is 0 Å². The molecule has 0 radical (unpaired) electrons. The Balaban J connectivity index is 2.14. The lowest BCUT2D eigenvalue weighted by atomic mass is 9.65. The summed E-state index contributed by atoms with van der Waals surface area (Å²) in [5.74, 6) is 1.62. The summed E-state index contributed by atoms with van der Waals surface area (Å²) in [7, 11) is 0. The maximum Gasteiger partial charge on any atom is 0.0453 e. The molecule has 0 heterocycles. The molecule has 3 heteroatoms. The molecule has 1 aromatic carbocycles. The Morgan fingerprint density at radius 3 is 2.20 bits per heavy atom. The maximum atomic E-state index is 6.32. The molecule has 2 rings (SSSR count). The Morgan fingerprint density at radius 2 is 1.75 bits per heavy atom. The Bertz CT molecular complexity index is 428. The zero-order valence-electron chi connectivity index (χ0n) is 12.5. The third-order valence-electron chi connectivity index (χ3n) is 5.08. The average molecular weight is 314 g/mol. The second-order valence-corrected chi connectivity index (χ2v) is 7.48. The van der Waals surface area contributed by atoms with E-state index < -0.39 is 0 Å². The summed E-state index contributed by atoms with van der Waals surface area (Å²) in [6.45, 7) is 5.37. The fourth-order valence-electron chi connectivity index (χ4n) is 3.45. The van der Waals surface area contributed by atoms with Crippen molar-refractivity contribution in [2.45, 2.75) is 46.0 Å². The van der Waals surface area contributed by atoms with Crippen molar-refractivity contribution in [2.75, 3.05) is 6.54 Å². The minimum Gasteiger partial charge on any atom is -0.330 e. The van der Waals surface area contributed by atoms with Crippen molar-refractivity contribution in [3.05, 3.63) is 33.8 Å². The van der Waals surface area contributed by atoms with E-state index in [0.29, 0.717) is 0 Å². The molecule has 1 aliphatic rings. The van der Waals surface area contributed by atoms with Crippen molar-refractivity contribution in [2.24, 2.45) is 23.0 Å². The van der Waals surface area contributed by atoms with Gasteiger partial charge in [0.2, 0.25) is 0 Å². The van der Waals surface area contributed by atoms with Gasteiger partial charge in [0.1, 0.15) is 0 Å². The quantitative estimate of drug-likeness (QED) is 0.799. The summed E-state index contributed by atoms with van der Waals surface area (Å²) in [6.07, 6.45) is 5.84. The van der Waals surface area contributed by atoms with E-state index in [9.17, 15) is 0 Å². The van der Waals surface area contributed by atoms with Gasteiger partial charge in [-0.25, -0.2) is 0 Å². The standard InChI is InChI=1S/C17H25Cl2N/c1-12(2)13-6-8-17(11-20,9-7-13)10-14-15(18)4-3-5-16(14)19/h3-5,12-13H,6-11,20H2,1-2H3. The summed E-state index contributed by atoms with van der Waals surface area (Å²) in [5, 5.41) is 1.55. The molecule has 0 spiro atoms. The molecule has 0 unspecified atom stereocenters. The van der Waals surface area contributed by atoms with E-state index in [0.717, 1.165) is 40.4 Å². The van der Waals surface area contributed by atoms with E-state index in [1.54, 1.807) is 0 Å². The topological polar surface area (TPSA) is 26.0 Å². The van der Waals surface area contributed by atoms with Crippen LogP contribution in [-0.4, -0.2) is 6.54 Å². The summed E-state index contributed by atoms with van der Waals surface area (Å²) in [5.41, 5.74) is 7.38. The number of halogens is 2. The predicted molar refractivity (Wildman–Crippen MR) is 88.4 cm³/mol. The van der Waals surface area contributed by atoms with Gasteiger partial charge in [0.25, 0.3) is 0 Å². The van der Waals surface area contributed by atoms with Crippen LogP contribution in [-0.2, 0) is 6.42 Å². The van der Waals surface area contributed by atoms with Crippen molar-refractivity contribution in [3.8, 4) is 0 Å². The van der Waals surface area contributed by atoms with Crippen LogP contribution in [0.15, 0.2) is 18.2 Å². The predicted octanol–water partition coefficient (Wildman–Crippen LogP) is 5.33. The highest BCUT2D eigenvalue weighted by molar-refractivity contribution is 6.36. The van der Waals surface area contributed by atoms with Gasteiger partial charge >= 0.3 is 0 Å². The molecule has 1 saturated carbocycles. The Morgan fingerprint density at radius 1 is 1.20 bits per heavy atom. The molecular weight excluding hydrogens is 289 g/mol. The van der Waals surface area contributed by atoms with E-state index in [1.165, 1.54) is 25.7 Å². The largest absolute Gasteiger partial charge is 0.330 e. The van der Waals surface area contributed by atoms with Gasteiger partial charge in [-0.3, -0.25) is 0 Å². The van der Waals surface area contributed by atoms with E-state index in [-0.39, 0.29) is 5.41 Å². The van der Waals surface area contributed by atoms with E-state index in [4.69, 9.17) is 28.9 Å². The first-order valence-corrected chi connectivity index (χ1v) is 8.36. The molecule has 0 amide bonds. The molecule has 1 aliphatic carbocycles. The zero-order valence-corrected chi connectivity index (χ0v) is 14.0. The fraction of sp³-hybridized carbons (Fsp3) is 0.647. The van der Waals surface area contributed by atoms with Crippen molar-refractivity contribution in [3.63, 3.8) is 0 Å². The van der Waals surface area contributed by atoms with Crippen molar-refractivity contribution >= 4 is 23.2 Å². The lowest BCUT2D eigenvalue weighted by molar-refractivity contribution is 0.132. The van der Waals surface area contributed by atoms with Gasteiger partial charge in [-0.2, -0.15) is 0 Å². The van der Waals surface area contributed by atoms with Crippen LogP contribution in [0.1, 0.15) is 45.1 Å². The van der Waals surface area contributed by atoms with Crippen LogP contribution < -0.4 is 5.73 Å². The van der Waals surface area contributed by atoms with Crippen molar-refractivity contribution in [1.82, 2.24) is 0 Å². The summed E-state index contributed by atoms with van der Waals surface area (Å²) >= 11 is 12.6. The van der Waals surface area contributed by atoms with E-state index in [2.05, 4.69) is 13.8 Å². The Kier molecular flexibility index (Phi) is 5.39. The van der Waals surface area contributed by atoms with Crippen LogP contribution in [0.2, 0.25) is 10.0 Å². The highest BCUT2D eigenvalue weighted by Gasteiger charge is 2.36. The van der Waals surface area contributed by atoms with Crippen LogP contribution in [0.4, 0.5) is 0 Å². The molecule has 0 atom stereocenters. The normalized spacial score (nSPS) is 27.0. The summed E-state index contributed by atoms with van der Waals surface area (Å²) in [4.78, 5) is 0. The molecule has 1 fully saturated rings. The van der Waals surface area contributed by atoms with Gasteiger partial charge in [-0.05, 0) is 73.6 Å². The third-order valence-corrected chi connectivity index (χ3v) is 5.79. The molecule has 2 N–H and O–H groups in total. The average Bonchev–Trinajstić information content (AvgIpc) is 2.43. The van der Waals surface area contributed by atoms with Gasteiger partial charge in [0.15, 0.2) is 0 Å². The molecular formula is C17H25Cl2N. The third kappa shape index (κ3) is 3.50. The van der Waals surface area contributed by atoms with E-state index in [1.807, 2.05) is 18.2 Å². The minimum atomic E-state index is 0.181. The van der Waals surface area contributed by atoms with Crippen LogP contribution in [0.25, 0.3) is 0 Å². The second kappa shape index (κ2) is 6.68. The van der Waals surface area contributed by atoms with E-state index >= 15 is 0 Å². The summed E-state index contributed by atoms with van der Waals surface area (Å²) in [6, 6.07) is 5.75. The van der Waals surface area contributed by atoms with Crippen LogP contribution in [0.5, 0.6) is 0 Å². The molecule has 0 aromatic heterocycles. The second-order valence-electron chi connectivity index (χ2n) is 6.66. The molecule has 0 aliphatic heterocycles. The maximum absolute atomic E-state index is 6.32. The van der Waals surface area contributed by atoms with Gasteiger partial charge in [-0.15, -0.1) is 0 Å². The number of hydrogen-bond donors (Lipinski definition) is 1. The van der Waals surface area contributed by atoms with Crippen LogP contribution >= 0.6 is 23.2 Å². The molecule has 0 bridgehead atoms. The molecule has 0 saturated heterocycles. The summed E-state index contributed by atoms with van der Waals surface area (Å²) < 4.78 is 0. The number of rotatable bonds is 4. The SMILES string of the molecule is CC(C)C1CCC(CN)(Cc2c(Cl)cccc2Cl)CC1. The minimum absolute atomic E-state index is 0.181. The zero-order chi connectivity index (χ0) is 14.8. The van der Waals surface area contributed by atoms with Gasteiger partial charge in [-0.1, -0.05) is 43.1 Å². The molecule has 20 heavy (non-hydrogen) atoms. The number of benzene rings is 1. The molecule has 1 nitrogen and oxygen atoms in total. The smallest absolute Gasteiger partial charge is 0.0453 e. The first-order chi connectivity index (χ1) is 9.47. The fourth-order valence-corrected chi connectivity index (χ4v) is 3.98. The van der Waals surface area contributed by atoms with Gasteiger partial charge in [0.05, 0.1) is 0 Å². The first-order valence-electron chi connectivity index (χ1n) is 7.60. The van der Waals surface area contributed by atoms with Crippen molar-refractivity contribution in [1.29, 1.82) is 0 Å². The highest BCUT2D eigenvalue weighted by Crippen LogP contribution is 2.44. The lowest BCUT2D eigenvalue weighted by Crippen LogP contribution is -2.37. The van der Waals surface area contributed by atoms with Gasteiger partial charge in [0, 0.05) is 10.0 Å². The van der Waals surface area contributed by atoms with Gasteiger partial charge < -0.3 is 5.73 Å².